The van der Waals surface area contributed by atoms with E-state index in [0.717, 1.165) is 0 Å². The predicted molar refractivity (Wildman–Crippen MR) is 88.4 cm³/mol. The number of halogens is 2. The minimum Gasteiger partial charge on any atom is -0.506 e. The molecule has 1 amide bonds. The van der Waals surface area contributed by atoms with Crippen LogP contribution in [0.5, 0.6) is 17.2 Å². The van der Waals surface area contributed by atoms with Crippen LogP contribution in [-0.2, 0) is 0 Å². The first-order valence-corrected chi connectivity index (χ1v) is 7.63. The number of aromatic hydroxyl groups is 1. The zero-order chi connectivity index (χ0) is 16.4. The van der Waals surface area contributed by atoms with E-state index in [1.165, 1.54) is 6.21 Å². The lowest BCUT2D eigenvalue weighted by Crippen LogP contribution is -2.17. The van der Waals surface area contributed by atoms with Gasteiger partial charge in [0.2, 0.25) is 6.79 Å². The Morgan fingerprint density at radius 2 is 2.09 bits per heavy atom. The Morgan fingerprint density at radius 1 is 1.30 bits per heavy atom. The molecule has 0 unspecified atom stereocenters. The van der Waals surface area contributed by atoms with Crippen molar-refractivity contribution in [1.82, 2.24) is 5.43 Å². The SMILES string of the molecule is O=C(N/N=C\c1cc(Br)cc(Cl)c1O)c1ccc2c(c1)OCO2. The standard InChI is InChI=1S/C15H10BrClN2O4/c16-10-3-9(14(20)11(17)5-10)6-18-19-15(21)8-1-2-12-13(4-8)23-7-22-12/h1-6,20H,7H2,(H,19,21)/b18-6-. The van der Waals surface area contributed by atoms with Crippen molar-refractivity contribution in [3.63, 3.8) is 0 Å². The molecule has 0 atom stereocenters. The number of benzene rings is 2. The van der Waals surface area contributed by atoms with Gasteiger partial charge in [0.05, 0.1) is 11.2 Å². The zero-order valence-corrected chi connectivity index (χ0v) is 13.9. The van der Waals surface area contributed by atoms with E-state index in [1.807, 2.05) is 0 Å². The number of amides is 1. The highest BCUT2D eigenvalue weighted by molar-refractivity contribution is 9.10. The highest BCUT2D eigenvalue weighted by Crippen LogP contribution is 2.32. The molecule has 2 aromatic rings. The zero-order valence-electron chi connectivity index (χ0n) is 11.5. The fourth-order valence-electron chi connectivity index (χ4n) is 1.95. The Kier molecular flexibility index (Phi) is 4.40. The molecule has 2 N–H and O–H groups in total. The monoisotopic (exact) mass is 396 g/mol. The molecular weight excluding hydrogens is 388 g/mol. The molecule has 1 aliphatic rings. The molecule has 8 heteroatoms. The lowest BCUT2D eigenvalue weighted by molar-refractivity contribution is 0.0954. The van der Waals surface area contributed by atoms with Gasteiger partial charge in [-0.25, -0.2) is 5.43 Å². The van der Waals surface area contributed by atoms with Gasteiger partial charge in [0.1, 0.15) is 5.75 Å². The number of phenolic OH excluding ortho intramolecular Hbond substituents is 1. The first kappa shape index (κ1) is 15.6. The molecular formula is C15H10BrClN2O4. The molecule has 0 saturated carbocycles. The average Bonchev–Trinajstić information content (AvgIpc) is 2.99. The van der Waals surface area contributed by atoms with Crippen LogP contribution in [-0.4, -0.2) is 24.0 Å². The average molecular weight is 398 g/mol. The second-order valence-corrected chi connectivity index (χ2v) is 5.92. The number of hydrazone groups is 1. The van der Waals surface area contributed by atoms with Crippen LogP contribution in [0.4, 0.5) is 0 Å². The number of rotatable bonds is 3. The number of nitrogens with zero attached hydrogens (tertiary/aromatic N) is 1. The summed E-state index contributed by atoms with van der Waals surface area (Å²) in [4.78, 5) is 12.0. The van der Waals surface area contributed by atoms with Gasteiger partial charge in [-0.05, 0) is 30.3 Å². The Balaban J connectivity index is 1.72. The van der Waals surface area contributed by atoms with E-state index in [0.29, 0.717) is 27.1 Å². The van der Waals surface area contributed by atoms with Gasteiger partial charge in [-0.1, -0.05) is 27.5 Å². The molecule has 3 rings (SSSR count). The summed E-state index contributed by atoms with van der Waals surface area (Å²) in [6.45, 7) is 0.140. The van der Waals surface area contributed by atoms with Gasteiger partial charge in [0, 0.05) is 15.6 Å². The Hall–Kier alpha value is -2.25. The molecule has 0 saturated heterocycles. The lowest BCUT2D eigenvalue weighted by Gasteiger charge is -2.03. The molecule has 0 aromatic heterocycles. The number of fused-ring (bicyclic) bond motifs is 1. The van der Waals surface area contributed by atoms with Crippen molar-refractivity contribution in [2.75, 3.05) is 6.79 Å². The molecule has 1 heterocycles. The molecule has 0 radical (unpaired) electrons. The van der Waals surface area contributed by atoms with Crippen molar-refractivity contribution < 1.29 is 19.4 Å². The summed E-state index contributed by atoms with van der Waals surface area (Å²) in [6, 6.07) is 8.00. The summed E-state index contributed by atoms with van der Waals surface area (Å²) >= 11 is 9.12. The lowest BCUT2D eigenvalue weighted by atomic mass is 10.2. The van der Waals surface area contributed by atoms with Crippen LogP contribution < -0.4 is 14.9 Å². The van der Waals surface area contributed by atoms with Crippen LogP contribution in [0.2, 0.25) is 5.02 Å². The van der Waals surface area contributed by atoms with E-state index in [9.17, 15) is 9.90 Å². The van der Waals surface area contributed by atoms with Gasteiger partial charge in [-0.2, -0.15) is 5.10 Å². The van der Waals surface area contributed by atoms with Crippen molar-refractivity contribution in [3.05, 3.63) is 51.0 Å². The predicted octanol–water partition coefficient (Wildman–Crippen LogP) is 3.30. The third-order valence-corrected chi connectivity index (χ3v) is 3.81. The van der Waals surface area contributed by atoms with Gasteiger partial charge in [0.25, 0.3) is 5.91 Å². The Labute approximate surface area is 144 Å². The summed E-state index contributed by atoms with van der Waals surface area (Å²) in [5, 5.41) is 13.8. The second-order valence-electron chi connectivity index (χ2n) is 4.59. The number of carbonyl (C=O) groups excluding carboxylic acids is 1. The van der Waals surface area contributed by atoms with Gasteiger partial charge in [-0.3, -0.25) is 4.79 Å². The minimum absolute atomic E-state index is 0.115. The maximum absolute atomic E-state index is 12.0. The molecule has 2 aromatic carbocycles. The molecule has 0 bridgehead atoms. The van der Waals surface area contributed by atoms with E-state index in [4.69, 9.17) is 21.1 Å². The van der Waals surface area contributed by atoms with Crippen molar-refractivity contribution in [2.45, 2.75) is 0 Å². The maximum atomic E-state index is 12.0. The van der Waals surface area contributed by atoms with Crippen molar-refractivity contribution in [2.24, 2.45) is 5.10 Å². The van der Waals surface area contributed by atoms with E-state index in [1.54, 1.807) is 30.3 Å². The van der Waals surface area contributed by atoms with Crippen LogP contribution in [0, 0.1) is 0 Å². The Bertz CT molecular complexity index is 810. The van der Waals surface area contributed by atoms with E-state index in [2.05, 4.69) is 26.5 Å². The third-order valence-electron chi connectivity index (χ3n) is 3.06. The smallest absolute Gasteiger partial charge is 0.271 e. The second kappa shape index (κ2) is 6.47. The molecule has 6 nitrogen and oxygen atoms in total. The number of hydrogen-bond acceptors (Lipinski definition) is 5. The fourth-order valence-corrected chi connectivity index (χ4v) is 2.78. The molecule has 0 fully saturated rings. The number of ether oxygens (including phenoxy) is 2. The van der Waals surface area contributed by atoms with Crippen LogP contribution in [0.25, 0.3) is 0 Å². The first-order valence-electron chi connectivity index (χ1n) is 6.45. The van der Waals surface area contributed by atoms with Gasteiger partial charge < -0.3 is 14.6 Å². The number of nitrogens with one attached hydrogen (secondary N) is 1. The summed E-state index contributed by atoms with van der Waals surface area (Å²) in [6.07, 6.45) is 1.30. The maximum Gasteiger partial charge on any atom is 0.271 e. The van der Waals surface area contributed by atoms with Gasteiger partial charge in [-0.15, -0.1) is 0 Å². The van der Waals surface area contributed by atoms with Gasteiger partial charge in [0.15, 0.2) is 11.5 Å². The normalized spacial score (nSPS) is 12.6. The fraction of sp³-hybridized carbons (Fsp3) is 0.0667. The summed E-state index contributed by atoms with van der Waals surface area (Å²) in [5.41, 5.74) is 3.12. The largest absolute Gasteiger partial charge is 0.506 e. The highest BCUT2D eigenvalue weighted by atomic mass is 79.9. The summed E-state index contributed by atoms with van der Waals surface area (Å²) in [5.74, 6) is 0.577. The third kappa shape index (κ3) is 3.40. The number of carbonyl (C=O) groups is 1. The minimum atomic E-state index is -0.417. The molecule has 0 spiro atoms. The van der Waals surface area contributed by atoms with Crippen molar-refractivity contribution in [3.8, 4) is 17.2 Å². The van der Waals surface area contributed by atoms with E-state index < -0.39 is 5.91 Å². The van der Waals surface area contributed by atoms with Gasteiger partial charge >= 0.3 is 0 Å². The van der Waals surface area contributed by atoms with Crippen LogP contribution in [0.3, 0.4) is 0 Å². The molecule has 23 heavy (non-hydrogen) atoms. The first-order chi connectivity index (χ1) is 11.0. The van der Waals surface area contributed by atoms with Crippen LogP contribution in [0.1, 0.15) is 15.9 Å². The summed E-state index contributed by atoms with van der Waals surface area (Å²) in [7, 11) is 0. The van der Waals surface area contributed by atoms with Crippen LogP contribution in [0.15, 0.2) is 39.9 Å². The molecule has 1 aliphatic heterocycles. The quantitative estimate of drug-likeness (QED) is 0.615. The highest BCUT2D eigenvalue weighted by Gasteiger charge is 2.16. The van der Waals surface area contributed by atoms with Crippen molar-refractivity contribution >= 4 is 39.7 Å². The van der Waals surface area contributed by atoms with Crippen molar-refractivity contribution in [1.29, 1.82) is 0 Å². The molecule has 118 valence electrons. The topological polar surface area (TPSA) is 80.2 Å². The number of phenols is 1. The number of hydrogen-bond donors (Lipinski definition) is 2. The Morgan fingerprint density at radius 3 is 2.91 bits per heavy atom. The van der Waals surface area contributed by atoms with E-state index >= 15 is 0 Å². The molecule has 0 aliphatic carbocycles. The summed E-state index contributed by atoms with van der Waals surface area (Å²) < 4.78 is 11.1. The van der Waals surface area contributed by atoms with Crippen LogP contribution >= 0.6 is 27.5 Å². The van der Waals surface area contributed by atoms with E-state index in [-0.39, 0.29) is 17.6 Å².